The third-order valence-electron chi connectivity index (χ3n) is 2.44. The van der Waals surface area contributed by atoms with Crippen molar-refractivity contribution < 1.29 is 14.3 Å². The van der Waals surface area contributed by atoms with Gasteiger partial charge in [-0.2, -0.15) is 5.26 Å². The molecule has 2 aromatic carbocycles. The minimum Gasteiger partial charge on any atom is -0.386 e. The van der Waals surface area contributed by atoms with Crippen LogP contribution in [0, 0.1) is 11.3 Å². The first-order chi connectivity index (χ1) is 9.20. The van der Waals surface area contributed by atoms with Crippen LogP contribution in [0.4, 0.5) is 0 Å². The number of rotatable bonds is 2. The van der Waals surface area contributed by atoms with Crippen molar-refractivity contribution in [1.82, 2.24) is 0 Å². The highest BCUT2D eigenvalue weighted by Gasteiger charge is 2.14. The lowest BCUT2D eigenvalue weighted by atomic mass is 10.1. The van der Waals surface area contributed by atoms with Crippen molar-refractivity contribution in [1.29, 1.82) is 5.26 Å². The molecule has 0 saturated carbocycles. The molecule has 4 nitrogen and oxygen atoms in total. The van der Waals surface area contributed by atoms with Gasteiger partial charge in [0, 0.05) is 0 Å². The Hall–Kier alpha value is -2.93. The fourth-order valence-corrected chi connectivity index (χ4v) is 1.46. The number of carbonyl (C=O) groups is 2. The van der Waals surface area contributed by atoms with E-state index in [1.54, 1.807) is 30.3 Å². The second-order valence-electron chi connectivity index (χ2n) is 3.73. The fraction of sp³-hybridized carbons (Fsp3) is 0. The predicted octanol–water partition coefficient (Wildman–Crippen LogP) is 2.56. The average Bonchev–Trinajstić information content (AvgIpc) is 2.48. The van der Waals surface area contributed by atoms with Gasteiger partial charge in [-0.15, -0.1) is 0 Å². The molecule has 19 heavy (non-hydrogen) atoms. The highest BCUT2D eigenvalue weighted by atomic mass is 16.6. The Labute approximate surface area is 109 Å². The molecule has 92 valence electrons. The molecule has 0 heterocycles. The summed E-state index contributed by atoms with van der Waals surface area (Å²) >= 11 is 0. The van der Waals surface area contributed by atoms with Crippen LogP contribution in [0.25, 0.3) is 0 Å². The van der Waals surface area contributed by atoms with Gasteiger partial charge in [-0.3, -0.25) is 0 Å². The Kier molecular flexibility index (Phi) is 3.70. The Morgan fingerprint density at radius 2 is 1.37 bits per heavy atom. The first-order valence-corrected chi connectivity index (χ1v) is 5.52. The van der Waals surface area contributed by atoms with Crippen LogP contribution in [0.3, 0.4) is 0 Å². The maximum Gasteiger partial charge on any atom is 0.346 e. The highest BCUT2D eigenvalue weighted by molar-refractivity contribution is 6.02. The molecule has 0 fully saturated rings. The molecule has 0 aliphatic rings. The van der Waals surface area contributed by atoms with E-state index in [-0.39, 0.29) is 5.56 Å². The third kappa shape index (κ3) is 3.05. The molecule has 0 N–H and O–H groups in total. The summed E-state index contributed by atoms with van der Waals surface area (Å²) in [5.41, 5.74) is 0.971. The smallest absolute Gasteiger partial charge is 0.346 e. The zero-order valence-electron chi connectivity index (χ0n) is 9.87. The van der Waals surface area contributed by atoms with Crippen molar-refractivity contribution in [3.8, 4) is 6.07 Å². The number of carbonyl (C=O) groups excluding carboxylic acids is 2. The Morgan fingerprint density at radius 3 is 1.89 bits per heavy atom. The number of nitrogens with zero attached hydrogens (tertiary/aromatic N) is 1. The van der Waals surface area contributed by atoms with Crippen molar-refractivity contribution in [3.63, 3.8) is 0 Å². The van der Waals surface area contributed by atoms with Gasteiger partial charge in [-0.05, 0) is 36.4 Å². The summed E-state index contributed by atoms with van der Waals surface area (Å²) in [6.07, 6.45) is 0. The molecule has 0 aliphatic heterocycles. The SMILES string of the molecule is N#Cc1ccc(C(=O)OC(=O)c2ccccc2)cc1. The molecule has 0 bridgehead atoms. The molecule has 0 saturated heterocycles. The molecule has 0 spiro atoms. The lowest BCUT2D eigenvalue weighted by Crippen LogP contribution is -2.12. The van der Waals surface area contributed by atoms with Crippen LogP contribution >= 0.6 is 0 Å². The van der Waals surface area contributed by atoms with Crippen LogP contribution in [0.5, 0.6) is 0 Å². The van der Waals surface area contributed by atoms with E-state index in [4.69, 9.17) is 10.00 Å². The van der Waals surface area contributed by atoms with Gasteiger partial charge < -0.3 is 4.74 Å². The number of hydrogen-bond donors (Lipinski definition) is 0. The van der Waals surface area contributed by atoms with E-state index in [0.717, 1.165) is 0 Å². The highest BCUT2D eigenvalue weighted by Crippen LogP contribution is 2.08. The van der Waals surface area contributed by atoms with Gasteiger partial charge in [0.1, 0.15) is 0 Å². The van der Waals surface area contributed by atoms with Gasteiger partial charge >= 0.3 is 11.9 Å². The number of esters is 2. The van der Waals surface area contributed by atoms with Crippen LogP contribution < -0.4 is 0 Å². The fourth-order valence-electron chi connectivity index (χ4n) is 1.46. The predicted molar refractivity (Wildman–Crippen MR) is 67.3 cm³/mol. The van der Waals surface area contributed by atoms with Crippen molar-refractivity contribution in [3.05, 3.63) is 71.3 Å². The number of nitriles is 1. The van der Waals surface area contributed by atoms with Gasteiger partial charge in [0.15, 0.2) is 0 Å². The van der Waals surface area contributed by atoms with Crippen LogP contribution in [0.1, 0.15) is 26.3 Å². The van der Waals surface area contributed by atoms with E-state index in [2.05, 4.69) is 0 Å². The van der Waals surface area contributed by atoms with E-state index in [0.29, 0.717) is 11.1 Å². The molecule has 0 unspecified atom stereocenters. The normalized spacial score (nSPS) is 9.42. The molecule has 0 aromatic heterocycles. The summed E-state index contributed by atoms with van der Waals surface area (Å²) in [6.45, 7) is 0. The van der Waals surface area contributed by atoms with Crippen molar-refractivity contribution >= 4 is 11.9 Å². The molecule has 0 aliphatic carbocycles. The number of benzene rings is 2. The van der Waals surface area contributed by atoms with Gasteiger partial charge in [-0.25, -0.2) is 9.59 Å². The van der Waals surface area contributed by atoms with Crippen LogP contribution in [0.2, 0.25) is 0 Å². The van der Waals surface area contributed by atoms with Crippen LogP contribution in [-0.2, 0) is 4.74 Å². The third-order valence-corrected chi connectivity index (χ3v) is 2.44. The largest absolute Gasteiger partial charge is 0.386 e. The quantitative estimate of drug-likeness (QED) is 0.607. The summed E-state index contributed by atoms with van der Waals surface area (Å²) in [7, 11) is 0. The van der Waals surface area contributed by atoms with Crippen LogP contribution in [-0.4, -0.2) is 11.9 Å². The minimum absolute atomic E-state index is 0.225. The zero-order valence-corrected chi connectivity index (χ0v) is 9.87. The van der Waals surface area contributed by atoms with E-state index in [9.17, 15) is 9.59 Å². The lowest BCUT2D eigenvalue weighted by Gasteiger charge is -2.02. The summed E-state index contributed by atoms with van der Waals surface area (Å²) in [5.74, 6) is -1.44. The van der Waals surface area contributed by atoms with Gasteiger partial charge in [-0.1, -0.05) is 18.2 Å². The molecular formula is C15H9NO3. The van der Waals surface area contributed by atoms with Crippen molar-refractivity contribution in [2.45, 2.75) is 0 Å². The number of ether oxygens (including phenoxy) is 1. The monoisotopic (exact) mass is 251 g/mol. The van der Waals surface area contributed by atoms with Gasteiger partial charge in [0.05, 0.1) is 22.8 Å². The van der Waals surface area contributed by atoms with Crippen LogP contribution in [0.15, 0.2) is 54.6 Å². The van der Waals surface area contributed by atoms with E-state index >= 15 is 0 Å². The molecule has 2 rings (SSSR count). The molecule has 0 amide bonds. The zero-order chi connectivity index (χ0) is 13.7. The molecule has 0 radical (unpaired) electrons. The van der Waals surface area contributed by atoms with Gasteiger partial charge in [0.2, 0.25) is 0 Å². The Morgan fingerprint density at radius 1 is 0.842 bits per heavy atom. The molecule has 0 atom stereocenters. The Balaban J connectivity index is 2.09. The summed E-state index contributed by atoms with van der Waals surface area (Å²) in [6, 6.07) is 16.1. The van der Waals surface area contributed by atoms with Crippen molar-refractivity contribution in [2.24, 2.45) is 0 Å². The second-order valence-corrected chi connectivity index (χ2v) is 3.73. The first-order valence-electron chi connectivity index (χ1n) is 5.52. The summed E-state index contributed by atoms with van der Waals surface area (Å²) < 4.78 is 4.74. The standard InChI is InChI=1S/C15H9NO3/c16-10-11-6-8-13(9-7-11)15(18)19-14(17)12-4-2-1-3-5-12/h1-9H. The van der Waals surface area contributed by atoms with Crippen molar-refractivity contribution in [2.75, 3.05) is 0 Å². The van der Waals surface area contributed by atoms with E-state index in [1.165, 1.54) is 24.3 Å². The maximum absolute atomic E-state index is 11.7. The molecule has 2 aromatic rings. The summed E-state index contributed by atoms with van der Waals surface area (Å²) in [5, 5.41) is 8.64. The van der Waals surface area contributed by atoms with E-state index < -0.39 is 11.9 Å². The molecular weight excluding hydrogens is 242 g/mol. The Bertz CT molecular complexity index is 639. The lowest BCUT2D eigenvalue weighted by molar-refractivity contribution is 0.0398. The first kappa shape index (κ1) is 12.5. The van der Waals surface area contributed by atoms with E-state index in [1.807, 2.05) is 6.07 Å². The second kappa shape index (κ2) is 5.61. The van der Waals surface area contributed by atoms with Gasteiger partial charge in [0.25, 0.3) is 0 Å². The minimum atomic E-state index is -0.738. The summed E-state index contributed by atoms with van der Waals surface area (Å²) in [4.78, 5) is 23.4. The average molecular weight is 251 g/mol. The topological polar surface area (TPSA) is 67.2 Å². The number of hydrogen-bond acceptors (Lipinski definition) is 4. The molecule has 4 heteroatoms. The maximum atomic E-state index is 11.7.